The van der Waals surface area contributed by atoms with Crippen LogP contribution in [0, 0.1) is 0 Å². The summed E-state index contributed by atoms with van der Waals surface area (Å²) in [6, 6.07) is 9.13. The van der Waals surface area contributed by atoms with Gasteiger partial charge in [0.25, 0.3) is 5.91 Å². The highest BCUT2D eigenvalue weighted by molar-refractivity contribution is 6.30. The number of nitrogens with one attached hydrogen (secondary N) is 1. The summed E-state index contributed by atoms with van der Waals surface area (Å²) in [6.45, 7) is 1.59. The maximum atomic E-state index is 13.0. The molecule has 154 valence electrons. The zero-order valence-corrected chi connectivity index (χ0v) is 17.0. The van der Waals surface area contributed by atoms with Crippen molar-refractivity contribution in [2.75, 3.05) is 29.0 Å². The van der Waals surface area contributed by atoms with Gasteiger partial charge < -0.3 is 21.7 Å². The average Bonchev–Trinajstić information content (AvgIpc) is 2.74. The van der Waals surface area contributed by atoms with E-state index in [-0.39, 0.29) is 17.6 Å². The fraction of sp³-hybridized carbons (Fsp3) is 0.238. The van der Waals surface area contributed by atoms with Crippen molar-refractivity contribution >= 4 is 34.7 Å². The largest absolute Gasteiger partial charge is 0.382 e. The van der Waals surface area contributed by atoms with E-state index in [4.69, 9.17) is 23.1 Å². The number of carbonyl (C=O) groups is 1. The summed E-state index contributed by atoms with van der Waals surface area (Å²) in [4.78, 5) is 27.9. The molecule has 1 aromatic carbocycles. The first-order chi connectivity index (χ1) is 14.5. The minimum Gasteiger partial charge on any atom is -0.382 e. The maximum absolute atomic E-state index is 13.0. The monoisotopic (exact) mass is 423 g/mol. The fourth-order valence-corrected chi connectivity index (χ4v) is 3.71. The van der Waals surface area contributed by atoms with Gasteiger partial charge in [0.2, 0.25) is 0 Å². The molecule has 30 heavy (non-hydrogen) atoms. The lowest BCUT2D eigenvalue weighted by Gasteiger charge is -2.33. The van der Waals surface area contributed by atoms with Gasteiger partial charge in [-0.3, -0.25) is 9.78 Å². The molecule has 0 radical (unpaired) electrons. The van der Waals surface area contributed by atoms with Crippen LogP contribution in [-0.2, 0) is 0 Å². The van der Waals surface area contributed by atoms with Crippen LogP contribution in [0.25, 0.3) is 11.3 Å². The zero-order chi connectivity index (χ0) is 21.1. The Hall–Kier alpha value is -3.23. The molecule has 8 nitrogen and oxygen atoms in total. The van der Waals surface area contributed by atoms with Gasteiger partial charge in [0.15, 0.2) is 11.5 Å². The highest BCUT2D eigenvalue weighted by Crippen LogP contribution is 2.28. The molecule has 1 aliphatic rings. The van der Waals surface area contributed by atoms with Gasteiger partial charge in [-0.2, -0.15) is 0 Å². The summed E-state index contributed by atoms with van der Waals surface area (Å²) < 4.78 is 0. The van der Waals surface area contributed by atoms with Crippen molar-refractivity contribution in [2.45, 2.75) is 18.9 Å². The first kappa shape index (κ1) is 20.1. The molecule has 1 fully saturated rings. The summed E-state index contributed by atoms with van der Waals surface area (Å²) in [7, 11) is 0. The van der Waals surface area contributed by atoms with Gasteiger partial charge in [-0.05, 0) is 31.0 Å². The van der Waals surface area contributed by atoms with Crippen LogP contribution in [0.4, 0.5) is 17.2 Å². The number of rotatable bonds is 4. The van der Waals surface area contributed by atoms with Gasteiger partial charge in [0.05, 0.1) is 29.5 Å². The first-order valence-corrected chi connectivity index (χ1v) is 10.0. The Kier molecular flexibility index (Phi) is 5.78. The molecule has 0 saturated carbocycles. The smallest absolute Gasteiger partial charge is 0.278 e. The highest BCUT2D eigenvalue weighted by Gasteiger charge is 2.22. The van der Waals surface area contributed by atoms with Gasteiger partial charge in [-0.15, -0.1) is 0 Å². The lowest BCUT2D eigenvalue weighted by Crippen LogP contribution is -2.43. The molecule has 1 unspecified atom stereocenters. The number of aromatic nitrogens is 3. The topological polar surface area (TPSA) is 123 Å². The van der Waals surface area contributed by atoms with Crippen molar-refractivity contribution in [2.24, 2.45) is 5.73 Å². The van der Waals surface area contributed by atoms with Crippen LogP contribution >= 0.6 is 11.6 Å². The number of nitrogens with two attached hydrogens (primary N) is 2. The van der Waals surface area contributed by atoms with Crippen molar-refractivity contribution < 1.29 is 4.79 Å². The molecule has 3 heterocycles. The first-order valence-electron chi connectivity index (χ1n) is 9.65. The van der Waals surface area contributed by atoms with E-state index in [0.717, 1.165) is 37.2 Å². The number of piperidine rings is 1. The molecule has 1 atom stereocenters. The standard InChI is InChI=1S/C21H22ClN7O/c22-14-4-1-3-13(9-14)16-11-26-20(24)19(27-16)21(30)28-17-10-25-7-6-18(17)29-8-2-5-15(23)12-29/h1,3-4,6-7,9-11,15H,2,5,8,12,23H2,(H2,24,26)(H,28,30). The third-order valence-corrected chi connectivity index (χ3v) is 5.22. The van der Waals surface area contributed by atoms with Gasteiger partial charge >= 0.3 is 0 Å². The fourth-order valence-electron chi connectivity index (χ4n) is 3.52. The van der Waals surface area contributed by atoms with E-state index >= 15 is 0 Å². The van der Waals surface area contributed by atoms with Crippen LogP contribution < -0.4 is 21.7 Å². The highest BCUT2D eigenvalue weighted by atomic mass is 35.5. The number of anilines is 3. The van der Waals surface area contributed by atoms with Crippen LogP contribution in [0.15, 0.2) is 48.9 Å². The van der Waals surface area contributed by atoms with Gasteiger partial charge in [-0.25, -0.2) is 9.97 Å². The van der Waals surface area contributed by atoms with Crippen molar-refractivity contribution in [3.8, 4) is 11.3 Å². The summed E-state index contributed by atoms with van der Waals surface area (Å²) >= 11 is 6.06. The van der Waals surface area contributed by atoms with E-state index in [9.17, 15) is 4.79 Å². The van der Waals surface area contributed by atoms with Crippen LogP contribution in [0.1, 0.15) is 23.3 Å². The maximum Gasteiger partial charge on any atom is 0.278 e. The molecule has 0 spiro atoms. The van der Waals surface area contributed by atoms with Gasteiger partial charge in [-0.1, -0.05) is 23.7 Å². The van der Waals surface area contributed by atoms with E-state index in [2.05, 4.69) is 25.2 Å². The summed E-state index contributed by atoms with van der Waals surface area (Å²) in [5, 5.41) is 3.44. The van der Waals surface area contributed by atoms with Gasteiger partial charge in [0.1, 0.15) is 0 Å². The summed E-state index contributed by atoms with van der Waals surface area (Å²) in [5.74, 6) is -0.414. The third kappa shape index (κ3) is 4.34. The molecule has 1 saturated heterocycles. The van der Waals surface area contributed by atoms with E-state index < -0.39 is 5.91 Å². The minimum absolute atomic E-state index is 0.0395. The number of hydrogen-bond acceptors (Lipinski definition) is 7. The van der Waals surface area contributed by atoms with Crippen molar-refractivity contribution in [3.05, 3.63) is 59.6 Å². The number of halogens is 1. The van der Waals surface area contributed by atoms with E-state index in [1.165, 1.54) is 6.20 Å². The molecule has 0 bridgehead atoms. The van der Waals surface area contributed by atoms with E-state index in [1.807, 2.05) is 12.1 Å². The lowest BCUT2D eigenvalue weighted by molar-refractivity contribution is 0.102. The molecular formula is C21H22ClN7O. The van der Waals surface area contributed by atoms with Crippen molar-refractivity contribution in [1.82, 2.24) is 15.0 Å². The third-order valence-electron chi connectivity index (χ3n) is 4.98. The van der Waals surface area contributed by atoms with E-state index in [1.54, 1.807) is 30.6 Å². The minimum atomic E-state index is -0.459. The van der Waals surface area contributed by atoms with Gasteiger partial charge in [0, 0.05) is 35.9 Å². The van der Waals surface area contributed by atoms with Crippen LogP contribution in [0.5, 0.6) is 0 Å². The molecule has 1 aliphatic heterocycles. The van der Waals surface area contributed by atoms with Crippen LogP contribution in [0.3, 0.4) is 0 Å². The number of pyridine rings is 1. The summed E-state index contributed by atoms with van der Waals surface area (Å²) in [5.41, 5.74) is 14.8. The molecule has 5 N–H and O–H groups in total. The molecule has 4 rings (SSSR count). The van der Waals surface area contributed by atoms with Crippen LogP contribution in [0.2, 0.25) is 5.02 Å². The second kappa shape index (κ2) is 8.64. The predicted octanol–water partition coefficient (Wildman–Crippen LogP) is 2.95. The number of nitrogen functional groups attached to an aromatic ring is 1. The molecule has 9 heteroatoms. The number of carbonyl (C=O) groups excluding carboxylic acids is 1. The Balaban J connectivity index is 1.61. The molecular weight excluding hydrogens is 402 g/mol. The second-order valence-corrected chi connectivity index (χ2v) is 7.63. The number of benzene rings is 1. The lowest BCUT2D eigenvalue weighted by atomic mass is 10.1. The molecule has 0 aliphatic carbocycles. The Morgan fingerprint density at radius 1 is 1.27 bits per heavy atom. The second-order valence-electron chi connectivity index (χ2n) is 7.19. The van der Waals surface area contributed by atoms with Crippen LogP contribution in [-0.4, -0.2) is 40.0 Å². The predicted molar refractivity (Wildman–Crippen MR) is 119 cm³/mol. The van der Waals surface area contributed by atoms with Crippen molar-refractivity contribution in [1.29, 1.82) is 0 Å². The zero-order valence-electron chi connectivity index (χ0n) is 16.3. The number of hydrogen-bond donors (Lipinski definition) is 3. The normalized spacial score (nSPS) is 16.3. The average molecular weight is 424 g/mol. The SMILES string of the molecule is Nc1ncc(-c2cccc(Cl)c2)nc1C(=O)Nc1cnccc1N1CCCC(N)C1. The Labute approximate surface area is 179 Å². The van der Waals surface area contributed by atoms with Crippen molar-refractivity contribution in [3.63, 3.8) is 0 Å². The number of amides is 1. The Morgan fingerprint density at radius 2 is 2.13 bits per heavy atom. The molecule has 2 aromatic heterocycles. The Bertz CT molecular complexity index is 1070. The quantitative estimate of drug-likeness (QED) is 0.589. The number of nitrogens with zero attached hydrogens (tertiary/aromatic N) is 4. The molecule has 3 aromatic rings. The Morgan fingerprint density at radius 3 is 2.93 bits per heavy atom. The van der Waals surface area contributed by atoms with E-state index in [0.29, 0.717) is 16.4 Å². The molecule has 1 amide bonds. The summed E-state index contributed by atoms with van der Waals surface area (Å²) in [6.07, 6.45) is 6.81.